The van der Waals surface area contributed by atoms with Gasteiger partial charge < -0.3 is 20.1 Å². The summed E-state index contributed by atoms with van der Waals surface area (Å²) in [5.74, 6) is 0.200. The van der Waals surface area contributed by atoms with E-state index in [0.717, 1.165) is 24.8 Å². The molecule has 1 aliphatic rings. The molecule has 0 spiro atoms. The van der Waals surface area contributed by atoms with Gasteiger partial charge in [0.25, 0.3) is 0 Å². The van der Waals surface area contributed by atoms with Crippen LogP contribution in [0, 0.1) is 5.92 Å². The molecular weight excluding hydrogens is 368 g/mol. The van der Waals surface area contributed by atoms with Crippen molar-refractivity contribution in [2.75, 3.05) is 0 Å². The maximum absolute atomic E-state index is 13.0. The first kappa shape index (κ1) is 23.2. The van der Waals surface area contributed by atoms with Crippen LogP contribution in [0.2, 0.25) is 0 Å². The fourth-order valence-electron chi connectivity index (χ4n) is 3.53. The summed E-state index contributed by atoms with van der Waals surface area (Å²) in [5.41, 5.74) is 0.369. The number of ether oxygens (including phenoxy) is 2. The summed E-state index contributed by atoms with van der Waals surface area (Å²) in [7, 11) is 0. The number of carbonyl (C=O) groups excluding carboxylic acids is 2. The largest absolute Gasteiger partial charge is 0.444 e. The van der Waals surface area contributed by atoms with E-state index in [9.17, 15) is 9.59 Å². The molecular formula is C23H36N2O4. The van der Waals surface area contributed by atoms with Crippen LogP contribution in [0.5, 0.6) is 0 Å². The Hall–Kier alpha value is -2.08. The molecule has 4 unspecified atom stereocenters. The highest BCUT2D eigenvalue weighted by Crippen LogP contribution is 2.24. The molecule has 1 saturated carbocycles. The van der Waals surface area contributed by atoms with E-state index in [4.69, 9.17) is 9.47 Å². The molecule has 6 nitrogen and oxygen atoms in total. The number of benzene rings is 1. The number of nitrogens with one attached hydrogen (secondary N) is 2. The first-order valence-corrected chi connectivity index (χ1v) is 10.6. The zero-order valence-corrected chi connectivity index (χ0v) is 18.4. The van der Waals surface area contributed by atoms with Gasteiger partial charge in [0, 0.05) is 6.04 Å². The average Bonchev–Trinajstić information content (AvgIpc) is 2.65. The van der Waals surface area contributed by atoms with Gasteiger partial charge in [0.05, 0.1) is 12.7 Å². The predicted octanol–water partition coefficient (Wildman–Crippen LogP) is 4.18. The Kier molecular flexibility index (Phi) is 8.50. The summed E-state index contributed by atoms with van der Waals surface area (Å²) in [5, 5.41) is 5.84. The number of hydrogen-bond donors (Lipinski definition) is 2. The Morgan fingerprint density at radius 2 is 1.79 bits per heavy atom. The van der Waals surface area contributed by atoms with Crippen molar-refractivity contribution >= 4 is 12.0 Å². The second-order valence-corrected chi connectivity index (χ2v) is 9.00. The number of carbonyl (C=O) groups is 2. The van der Waals surface area contributed by atoms with Crippen molar-refractivity contribution in [2.45, 2.75) is 90.7 Å². The first-order chi connectivity index (χ1) is 13.7. The van der Waals surface area contributed by atoms with Crippen LogP contribution >= 0.6 is 0 Å². The second kappa shape index (κ2) is 10.6. The smallest absolute Gasteiger partial charge is 0.408 e. The zero-order chi connectivity index (χ0) is 21.4. The molecule has 0 aliphatic heterocycles. The molecule has 162 valence electrons. The molecule has 29 heavy (non-hydrogen) atoms. The van der Waals surface area contributed by atoms with Crippen LogP contribution in [0.15, 0.2) is 30.3 Å². The van der Waals surface area contributed by atoms with Gasteiger partial charge in [-0.3, -0.25) is 4.79 Å². The van der Waals surface area contributed by atoms with Crippen LogP contribution in [0.4, 0.5) is 4.79 Å². The monoisotopic (exact) mass is 404 g/mol. The van der Waals surface area contributed by atoms with Gasteiger partial charge in [-0.2, -0.15) is 0 Å². The first-order valence-electron chi connectivity index (χ1n) is 10.6. The fourth-order valence-corrected chi connectivity index (χ4v) is 3.53. The third kappa shape index (κ3) is 8.05. The van der Waals surface area contributed by atoms with Gasteiger partial charge in [-0.1, -0.05) is 50.1 Å². The van der Waals surface area contributed by atoms with Gasteiger partial charge in [0.1, 0.15) is 11.6 Å². The Labute approximate surface area is 174 Å². The van der Waals surface area contributed by atoms with Crippen LogP contribution in [0.3, 0.4) is 0 Å². The minimum Gasteiger partial charge on any atom is -0.444 e. The lowest BCUT2D eigenvalue weighted by Gasteiger charge is -2.32. The van der Waals surface area contributed by atoms with Crippen LogP contribution in [-0.2, 0) is 20.9 Å². The third-order valence-corrected chi connectivity index (χ3v) is 5.22. The van der Waals surface area contributed by atoms with Crippen LogP contribution in [0.25, 0.3) is 0 Å². The van der Waals surface area contributed by atoms with Gasteiger partial charge >= 0.3 is 6.09 Å². The normalized spacial score (nSPS) is 21.7. The lowest BCUT2D eigenvalue weighted by Crippen LogP contribution is -2.56. The molecule has 2 rings (SSSR count). The van der Waals surface area contributed by atoms with Crippen LogP contribution in [0.1, 0.15) is 65.9 Å². The highest BCUT2D eigenvalue weighted by atomic mass is 16.6. The Bertz CT molecular complexity index is 657. The summed E-state index contributed by atoms with van der Waals surface area (Å²) < 4.78 is 11.3. The molecule has 1 aliphatic carbocycles. The van der Waals surface area contributed by atoms with Gasteiger partial charge in [0.15, 0.2) is 0 Å². The van der Waals surface area contributed by atoms with Crippen LogP contribution < -0.4 is 10.6 Å². The van der Waals surface area contributed by atoms with E-state index < -0.39 is 23.8 Å². The average molecular weight is 405 g/mol. The van der Waals surface area contributed by atoms with E-state index in [-0.39, 0.29) is 11.9 Å². The molecule has 6 heteroatoms. The molecule has 1 fully saturated rings. The molecule has 2 amide bonds. The van der Waals surface area contributed by atoms with Gasteiger partial charge in [-0.25, -0.2) is 4.79 Å². The second-order valence-electron chi connectivity index (χ2n) is 9.00. The van der Waals surface area contributed by atoms with Gasteiger partial charge in [-0.15, -0.1) is 0 Å². The summed E-state index contributed by atoms with van der Waals surface area (Å²) in [6.07, 6.45) is 3.25. The summed E-state index contributed by atoms with van der Waals surface area (Å²) in [6.45, 7) is 9.70. The van der Waals surface area contributed by atoms with Gasteiger partial charge in [-0.05, 0) is 52.0 Å². The minimum absolute atomic E-state index is 0.125. The Balaban J connectivity index is 2.04. The number of alkyl carbamates (subject to hydrolysis) is 1. The van der Waals surface area contributed by atoms with Crippen LogP contribution in [-0.4, -0.2) is 35.8 Å². The van der Waals surface area contributed by atoms with E-state index in [1.54, 1.807) is 27.7 Å². The lowest BCUT2D eigenvalue weighted by atomic mass is 9.86. The molecule has 0 aromatic heterocycles. The SMILES string of the molecule is CC1CCCCC1NC(=O)C(NC(=O)OC(C)(C)C)C(C)OCc1ccccc1. The molecule has 0 bridgehead atoms. The summed E-state index contributed by atoms with van der Waals surface area (Å²) in [6, 6.07) is 9.05. The zero-order valence-electron chi connectivity index (χ0n) is 18.4. The van der Waals surface area contributed by atoms with Crippen molar-refractivity contribution in [1.82, 2.24) is 10.6 Å². The topological polar surface area (TPSA) is 76.7 Å². The van der Waals surface area contributed by atoms with Crippen molar-refractivity contribution in [2.24, 2.45) is 5.92 Å². The lowest BCUT2D eigenvalue weighted by molar-refractivity contribution is -0.128. The standard InChI is InChI=1S/C23H36N2O4/c1-16-11-9-10-14-19(16)24-21(26)20(25-22(27)29-23(3,4)5)17(2)28-15-18-12-7-6-8-13-18/h6-8,12-13,16-17,19-20H,9-11,14-15H2,1-5H3,(H,24,26)(H,25,27). The molecule has 0 heterocycles. The van der Waals surface area contributed by atoms with E-state index in [2.05, 4.69) is 17.6 Å². The summed E-state index contributed by atoms with van der Waals surface area (Å²) in [4.78, 5) is 25.4. The molecule has 0 saturated heterocycles. The summed E-state index contributed by atoms with van der Waals surface area (Å²) >= 11 is 0. The molecule has 0 radical (unpaired) electrons. The quantitative estimate of drug-likeness (QED) is 0.715. The maximum Gasteiger partial charge on any atom is 0.408 e. The van der Waals surface area contributed by atoms with Crippen molar-refractivity contribution in [3.8, 4) is 0 Å². The number of hydrogen-bond acceptors (Lipinski definition) is 4. The number of rotatable bonds is 7. The molecule has 4 atom stereocenters. The van der Waals surface area contributed by atoms with E-state index >= 15 is 0 Å². The van der Waals surface area contributed by atoms with Crippen molar-refractivity contribution in [1.29, 1.82) is 0 Å². The third-order valence-electron chi connectivity index (χ3n) is 5.22. The fraction of sp³-hybridized carbons (Fsp3) is 0.652. The van der Waals surface area contributed by atoms with Gasteiger partial charge in [0.2, 0.25) is 5.91 Å². The Morgan fingerprint density at radius 1 is 1.14 bits per heavy atom. The molecule has 2 N–H and O–H groups in total. The van der Waals surface area contributed by atoms with Crippen molar-refractivity contribution in [3.05, 3.63) is 35.9 Å². The highest BCUT2D eigenvalue weighted by molar-refractivity contribution is 5.86. The van der Waals surface area contributed by atoms with Crippen molar-refractivity contribution < 1.29 is 19.1 Å². The molecule has 1 aromatic rings. The number of amides is 2. The van der Waals surface area contributed by atoms with E-state index in [0.29, 0.717) is 12.5 Å². The highest BCUT2D eigenvalue weighted by Gasteiger charge is 2.32. The minimum atomic E-state index is -0.831. The van der Waals surface area contributed by atoms with E-state index in [1.807, 2.05) is 30.3 Å². The predicted molar refractivity (Wildman–Crippen MR) is 113 cm³/mol. The van der Waals surface area contributed by atoms with E-state index in [1.165, 1.54) is 6.42 Å². The maximum atomic E-state index is 13.0. The molecule has 1 aromatic carbocycles. The Morgan fingerprint density at radius 3 is 2.41 bits per heavy atom. The van der Waals surface area contributed by atoms with Crippen molar-refractivity contribution in [3.63, 3.8) is 0 Å².